The number of carbonyl (C=O) groups is 3. The number of fused-ring (bicyclic) bond motifs is 1. The number of nitrogens with one attached hydrogen (secondary N) is 2. The molecular formula is C22H29N5O4. The molecule has 0 aliphatic carbocycles. The molecule has 0 radical (unpaired) electrons. The second kappa shape index (κ2) is 9.74. The lowest BCUT2D eigenvalue weighted by Crippen LogP contribution is -2.62. The summed E-state index contributed by atoms with van der Waals surface area (Å²) in [5.74, 6) is -0.995. The third-order valence-electron chi connectivity index (χ3n) is 5.47. The van der Waals surface area contributed by atoms with Crippen molar-refractivity contribution < 1.29 is 19.1 Å². The number of ether oxygens (including phenoxy) is 1. The van der Waals surface area contributed by atoms with E-state index in [0.717, 1.165) is 5.56 Å². The van der Waals surface area contributed by atoms with Crippen LogP contribution in [0.25, 0.3) is 0 Å². The van der Waals surface area contributed by atoms with Crippen molar-refractivity contribution in [2.45, 2.75) is 38.9 Å². The number of hydrogen-bond donors (Lipinski definition) is 2. The molecule has 1 unspecified atom stereocenters. The first-order valence-corrected chi connectivity index (χ1v) is 10.4. The molecule has 1 aromatic carbocycles. The van der Waals surface area contributed by atoms with E-state index in [1.54, 1.807) is 14.0 Å². The number of likely N-dealkylation sites (N-methyl/N-ethyl adjacent to an activating group) is 1. The van der Waals surface area contributed by atoms with Crippen LogP contribution in [0.3, 0.4) is 0 Å². The zero-order chi connectivity index (χ0) is 22.4. The molecule has 2 heterocycles. The first kappa shape index (κ1) is 22.5. The average Bonchev–Trinajstić information content (AvgIpc) is 3.20. The van der Waals surface area contributed by atoms with Gasteiger partial charge >= 0.3 is 0 Å². The van der Waals surface area contributed by atoms with Crippen molar-refractivity contribution in [2.24, 2.45) is 0 Å². The van der Waals surface area contributed by atoms with Gasteiger partial charge in [-0.15, -0.1) is 0 Å². The Kier molecular flexibility index (Phi) is 7.06. The van der Waals surface area contributed by atoms with Crippen molar-refractivity contribution in [2.75, 3.05) is 26.8 Å². The van der Waals surface area contributed by atoms with Crippen LogP contribution in [0.4, 0.5) is 0 Å². The molecule has 0 fully saturated rings. The highest BCUT2D eigenvalue weighted by Gasteiger charge is 2.46. The van der Waals surface area contributed by atoms with Crippen molar-refractivity contribution in [1.29, 1.82) is 0 Å². The van der Waals surface area contributed by atoms with Gasteiger partial charge in [0.25, 0.3) is 11.8 Å². The Bertz CT molecular complexity index is 943. The van der Waals surface area contributed by atoms with E-state index in [2.05, 4.69) is 15.7 Å². The van der Waals surface area contributed by atoms with Gasteiger partial charge in [-0.2, -0.15) is 5.10 Å². The molecule has 0 saturated heterocycles. The summed E-state index contributed by atoms with van der Waals surface area (Å²) in [4.78, 5) is 39.7. The van der Waals surface area contributed by atoms with Crippen LogP contribution in [0.15, 0.2) is 36.4 Å². The van der Waals surface area contributed by atoms with Crippen molar-refractivity contribution in [1.82, 2.24) is 25.3 Å². The van der Waals surface area contributed by atoms with Gasteiger partial charge in [0.1, 0.15) is 11.2 Å². The summed E-state index contributed by atoms with van der Waals surface area (Å²) < 4.78 is 6.69. The molecular weight excluding hydrogens is 398 g/mol. The van der Waals surface area contributed by atoms with Crippen molar-refractivity contribution in [3.8, 4) is 0 Å². The Hall–Kier alpha value is -3.20. The van der Waals surface area contributed by atoms with E-state index >= 15 is 0 Å². The number of aromatic nitrogens is 2. The van der Waals surface area contributed by atoms with Crippen LogP contribution in [0.5, 0.6) is 0 Å². The highest BCUT2D eigenvalue weighted by molar-refractivity contribution is 6.01. The number of hydrogen-bond acceptors (Lipinski definition) is 5. The second-order valence-electron chi connectivity index (χ2n) is 7.69. The first-order chi connectivity index (χ1) is 14.9. The maximum atomic E-state index is 13.0. The van der Waals surface area contributed by atoms with E-state index in [0.29, 0.717) is 32.7 Å². The first-order valence-electron chi connectivity index (χ1n) is 10.4. The highest BCUT2D eigenvalue weighted by Crippen LogP contribution is 2.26. The van der Waals surface area contributed by atoms with E-state index in [4.69, 9.17) is 4.74 Å². The molecule has 1 aliphatic rings. The Morgan fingerprint density at radius 2 is 1.97 bits per heavy atom. The molecule has 1 aliphatic heterocycles. The zero-order valence-electron chi connectivity index (χ0n) is 18.2. The molecule has 2 aromatic rings. The van der Waals surface area contributed by atoms with Crippen molar-refractivity contribution in [3.63, 3.8) is 0 Å². The van der Waals surface area contributed by atoms with E-state index in [-0.39, 0.29) is 35.7 Å². The van der Waals surface area contributed by atoms with Crippen LogP contribution in [-0.2, 0) is 22.6 Å². The summed E-state index contributed by atoms with van der Waals surface area (Å²) in [6, 6.07) is 11.0. The summed E-state index contributed by atoms with van der Waals surface area (Å²) >= 11 is 0. The lowest BCUT2D eigenvalue weighted by Gasteiger charge is -2.40. The van der Waals surface area contributed by atoms with Gasteiger partial charge in [-0.3, -0.25) is 19.1 Å². The largest absolute Gasteiger partial charge is 0.382 e. The van der Waals surface area contributed by atoms with Gasteiger partial charge in [0.15, 0.2) is 5.69 Å². The summed E-state index contributed by atoms with van der Waals surface area (Å²) in [5.41, 5.74) is 0.278. The molecule has 0 bridgehead atoms. The minimum atomic E-state index is -1.13. The minimum absolute atomic E-state index is 0.155. The molecule has 3 rings (SSSR count). The van der Waals surface area contributed by atoms with Crippen LogP contribution >= 0.6 is 0 Å². The van der Waals surface area contributed by atoms with Crippen LogP contribution in [0.2, 0.25) is 0 Å². The molecule has 166 valence electrons. The molecule has 31 heavy (non-hydrogen) atoms. The summed E-state index contributed by atoms with van der Waals surface area (Å²) in [5, 5.41) is 9.97. The smallest absolute Gasteiger partial charge is 0.272 e. The fraction of sp³-hybridized carbons (Fsp3) is 0.455. The Morgan fingerprint density at radius 3 is 2.68 bits per heavy atom. The molecule has 3 amide bonds. The normalized spacial score (nSPS) is 17.9. The van der Waals surface area contributed by atoms with Crippen molar-refractivity contribution >= 4 is 17.7 Å². The summed E-state index contributed by atoms with van der Waals surface area (Å²) in [6.45, 7) is 5.78. The summed E-state index contributed by atoms with van der Waals surface area (Å²) in [6.07, 6.45) is 0.689. The standard InChI is InChI=1S/C22H29N5O4/c1-4-31-12-8-11-23-19(28)17-13-18-20(29)26(3)22(2,15-27(18)25-17)21(30)24-14-16-9-6-5-7-10-16/h5-7,9-10,13H,4,8,11-12,14-15H2,1-3H3,(H,23,28)(H,24,30). The number of carbonyl (C=O) groups excluding carboxylic acids is 3. The maximum absolute atomic E-state index is 13.0. The topological polar surface area (TPSA) is 106 Å². The minimum Gasteiger partial charge on any atom is -0.382 e. The Balaban J connectivity index is 1.68. The number of benzene rings is 1. The fourth-order valence-electron chi connectivity index (χ4n) is 3.42. The van der Waals surface area contributed by atoms with E-state index < -0.39 is 5.54 Å². The van der Waals surface area contributed by atoms with Gasteiger partial charge in [0.2, 0.25) is 5.91 Å². The van der Waals surface area contributed by atoms with Gasteiger partial charge in [0, 0.05) is 39.4 Å². The predicted molar refractivity (Wildman–Crippen MR) is 114 cm³/mol. The van der Waals surface area contributed by atoms with Crippen LogP contribution in [0, 0.1) is 0 Å². The van der Waals surface area contributed by atoms with Gasteiger partial charge in [-0.1, -0.05) is 30.3 Å². The number of nitrogens with zero attached hydrogens (tertiary/aromatic N) is 3. The number of rotatable bonds is 9. The molecule has 9 nitrogen and oxygen atoms in total. The highest BCUT2D eigenvalue weighted by atomic mass is 16.5. The van der Waals surface area contributed by atoms with Gasteiger partial charge in [0.05, 0.1) is 6.54 Å². The van der Waals surface area contributed by atoms with Gasteiger partial charge in [-0.05, 0) is 25.8 Å². The predicted octanol–water partition coefficient (Wildman–Crippen LogP) is 1.20. The fourth-order valence-corrected chi connectivity index (χ4v) is 3.42. The van der Waals surface area contributed by atoms with E-state index in [1.807, 2.05) is 37.3 Å². The van der Waals surface area contributed by atoms with Crippen LogP contribution in [-0.4, -0.2) is 64.7 Å². The Morgan fingerprint density at radius 1 is 1.23 bits per heavy atom. The number of amides is 3. The lowest BCUT2D eigenvalue weighted by molar-refractivity contribution is -0.132. The average molecular weight is 428 g/mol. The lowest BCUT2D eigenvalue weighted by atomic mass is 9.96. The molecule has 1 aromatic heterocycles. The zero-order valence-corrected chi connectivity index (χ0v) is 18.2. The van der Waals surface area contributed by atoms with Crippen LogP contribution < -0.4 is 10.6 Å². The molecule has 9 heteroatoms. The third kappa shape index (κ3) is 4.93. The molecule has 0 saturated carbocycles. The van der Waals surface area contributed by atoms with E-state index in [9.17, 15) is 14.4 Å². The van der Waals surface area contributed by atoms with Gasteiger partial charge in [-0.25, -0.2) is 0 Å². The molecule has 2 N–H and O–H groups in total. The van der Waals surface area contributed by atoms with E-state index in [1.165, 1.54) is 15.6 Å². The SMILES string of the molecule is CCOCCCNC(=O)c1cc2n(n1)CC(C)(C(=O)NCc1ccccc1)N(C)C2=O. The summed E-state index contributed by atoms with van der Waals surface area (Å²) in [7, 11) is 1.59. The molecule has 1 atom stereocenters. The van der Waals surface area contributed by atoms with Gasteiger partial charge < -0.3 is 20.3 Å². The molecule has 0 spiro atoms. The monoisotopic (exact) mass is 427 g/mol. The third-order valence-corrected chi connectivity index (χ3v) is 5.47. The van der Waals surface area contributed by atoms with Crippen molar-refractivity contribution in [3.05, 3.63) is 53.3 Å². The van der Waals surface area contributed by atoms with Crippen LogP contribution in [0.1, 0.15) is 46.8 Å². The second-order valence-corrected chi connectivity index (χ2v) is 7.69. The quantitative estimate of drug-likeness (QED) is 0.585. The maximum Gasteiger partial charge on any atom is 0.272 e. The Labute approximate surface area is 181 Å².